The summed E-state index contributed by atoms with van der Waals surface area (Å²) < 4.78 is 0. The summed E-state index contributed by atoms with van der Waals surface area (Å²) in [6.45, 7) is 5.49. The maximum Gasteiger partial charge on any atom is 0.246 e. The summed E-state index contributed by atoms with van der Waals surface area (Å²) in [7, 11) is 0. The first-order chi connectivity index (χ1) is 16.1. The van der Waals surface area contributed by atoms with E-state index in [1.54, 1.807) is 24.3 Å². The lowest BCUT2D eigenvalue weighted by Gasteiger charge is -2.43. The average Bonchev–Trinajstić information content (AvgIpc) is 3.01. The van der Waals surface area contributed by atoms with Crippen molar-refractivity contribution in [3.05, 3.63) is 57.3 Å². The fourth-order valence-corrected chi connectivity index (χ4v) is 5.07. The maximum atomic E-state index is 12.8. The van der Waals surface area contributed by atoms with Gasteiger partial charge < -0.3 is 9.80 Å². The summed E-state index contributed by atoms with van der Waals surface area (Å²) in [6.07, 6.45) is 11.0. The second-order valence-electron chi connectivity index (χ2n) is 9.08. The van der Waals surface area contributed by atoms with Gasteiger partial charge in [-0.05, 0) is 48.6 Å². The molecule has 1 saturated carbocycles. The van der Waals surface area contributed by atoms with E-state index in [9.17, 15) is 4.79 Å². The number of nitrogens with zero attached hydrogens (tertiary/aromatic N) is 5. The van der Waals surface area contributed by atoms with Gasteiger partial charge in [0, 0.05) is 64.0 Å². The molecule has 1 saturated heterocycles. The fraction of sp³-hybridized carbons (Fsp3) is 0.480. The number of benzene rings is 1. The topological polar surface area (TPSA) is 52.6 Å². The van der Waals surface area contributed by atoms with Crippen LogP contribution in [0.15, 0.2) is 30.5 Å². The van der Waals surface area contributed by atoms with E-state index in [4.69, 9.17) is 28.2 Å². The van der Waals surface area contributed by atoms with E-state index in [1.807, 2.05) is 17.2 Å². The molecule has 0 radical (unpaired) electrons. The van der Waals surface area contributed by atoms with Gasteiger partial charge in [0.05, 0.1) is 15.7 Å². The van der Waals surface area contributed by atoms with E-state index in [0.717, 1.165) is 67.8 Å². The quantitative estimate of drug-likeness (QED) is 0.610. The van der Waals surface area contributed by atoms with Crippen molar-refractivity contribution in [2.75, 3.05) is 44.2 Å². The number of aromatic nitrogens is 2. The van der Waals surface area contributed by atoms with Crippen molar-refractivity contribution in [2.45, 2.75) is 38.1 Å². The normalized spacial score (nSPS) is 19.9. The van der Waals surface area contributed by atoms with Crippen LogP contribution in [0.1, 0.15) is 36.1 Å². The highest BCUT2D eigenvalue weighted by Crippen LogP contribution is 2.27. The largest absolute Gasteiger partial charge is 0.338 e. The number of piperazine rings is 1. The first-order valence-electron chi connectivity index (χ1n) is 11.8. The van der Waals surface area contributed by atoms with Crippen molar-refractivity contribution in [2.24, 2.45) is 0 Å². The number of halogens is 2. The van der Waals surface area contributed by atoms with Crippen LogP contribution in [0, 0.1) is 0 Å². The molecule has 8 heteroatoms. The Morgan fingerprint density at radius 2 is 1.79 bits per heavy atom. The predicted molar refractivity (Wildman–Crippen MR) is 133 cm³/mol. The van der Waals surface area contributed by atoms with Gasteiger partial charge in [-0.1, -0.05) is 35.7 Å². The number of anilines is 1. The molecule has 3 aliphatic rings. The molecule has 2 aromatic rings. The Morgan fingerprint density at radius 1 is 1.00 bits per heavy atom. The molecule has 0 N–H and O–H groups in total. The molecule has 1 aromatic carbocycles. The van der Waals surface area contributed by atoms with Crippen LogP contribution in [0.4, 0.5) is 5.95 Å². The molecule has 1 amide bonds. The van der Waals surface area contributed by atoms with Crippen LogP contribution < -0.4 is 4.90 Å². The molecule has 174 valence electrons. The molecule has 0 atom stereocenters. The molecule has 2 aliphatic heterocycles. The monoisotopic (exact) mass is 485 g/mol. The lowest BCUT2D eigenvalue weighted by atomic mass is 9.91. The van der Waals surface area contributed by atoms with Crippen molar-refractivity contribution in [3.8, 4) is 0 Å². The number of amides is 1. The third-order valence-corrected chi connectivity index (χ3v) is 7.81. The van der Waals surface area contributed by atoms with Crippen LogP contribution in [0.2, 0.25) is 10.0 Å². The average molecular weight is 486 g/mol. The summed E-state index contributed by atoms with van der Waals surface area (Å²) >= 11 is 12.0. The Kier molecular flexibility index (Phi) is 6.86. The number of rotatable bonds is 4. The SMILES string of the molecule is O=C(C=Cc1ccc(Cl)c(Cl)c1)N1CCc2cnc(N3CCN(C4CCC4)CC3)nc2CC1. The Balaban J connectivity index is 1.19. The Bertz CT molecular complexity index is 1050. The van der Waals surface area contributed by atoms with E-state index in [-0.39, 0.29) is 5.91 Å². The molecule has 33 heavy (non-hydrogen) atoms. The van der Waals surface area contributed by atoms with E-state index < -0.39 is 0 Å². The molecule has 3 heterocycles. The first kappa shape index (κ1) is 22.6. The predicted octanol–water partition coefficient (Wildman–Crippen LogP) is 4.10. The van der Waals surface area contributed by atoms with Crippen LogP contribution in [0.3, 0.4) is 0 Å². The zero-order chi connectivity index (χ0) is 22.8. The van der Waals surface area contributed by atoms with Crippen LogP contribution in [-0.4, -0.2) is 71.0 Å². The van der Waals surface area contributed by atoms with E-state index in [2.05, 4.69) is 14.8 Å². The summed E-state index contributed by atoms with van der Waals surface area (Å²) in [4.78, 5) is 29.2. The highest BCUT2D eigenvalue weighted by molar-refractivity contribution is 6.42. The first-order valence-corrected chi connectivity index (χ1v) is 12.6. The lowest BCUT2D eigenvalue weighted by Crippen LogP contribution is -2.52. The maximum absolute atomic E-state index is 12.8. The van der Waals surface area contributed by atoms with Crippen LogP contribution >= 0.6 is 23.2 Å². The molecular formula is C25H29Cl2N5O. The Morgan fingerprint density at radius 3 is 2.52 bits per heavy atom. The smallest absolute Gasteiger partial charge is 0.246 e. The van der Waals surface area contributed by atoms with Crippen LogP contribution in [0.5, 0.6) is 0 Å². The molecular weight excluding hydrogens is 457 g/mol. The van der Waals surface area contributed by atoms with Gasteiger partial charge >= 0.3 is 0 Å². The minimum absolute atomic E-state index is 0.00539. The third-order valence-electron chi connectivity index (χ3n) is 7.07. The molecule has 0 spiro atoms. The second kappa shape index (κ2) is 10.00. The zero-order valence-corrected chi connectivity index (χ0v) is 20.2. The van der Waals surface area contributed by atoms with Gasteiger partial charge in [-0.15, -0.1) is 0 Å². The van der Waals surface area contributed by atoms with E-state index in [1.165, 1.54) is 19.3 Å². The summed E-state index contributed by atoms with van der Waals surface area (Å²) in [5, 5.41) is 0.987. The highest BCUT2D eigenvalue weighted by Gasteiger charge is 2.29. The minimum atomic E-state index is -0.00539. The number of hydrogen-bond donors (Lipinski definition) is 0. The lowest BCUT2D eigenvalue weighted by molar-refractivity contribution is -0.125. The number of hydrogen-bond acceptors (Lipinski definition) is 5. The molecule has 6 nitrogen and oxygen atoms in total. The number of fused-ring (bicyclic) bond motifs is 1. The van der Waals surface area contributed by atoms with Crippen molar-refractivity contribution in [1.29, 1.82) is 0 Å². The van der Waals surface area contributed by atoms with E-state index in [0.29, 0.717) is 23.1 Å². The van der Waals surface area contributed by atoms with Gasteiger partial charge in [0.15, 0.2) is 0 Å². The molecule has 0 bridgehead atoms. The third kappa shape index (κ3) is 5.18. The Hall–Kier alpha value is -2.15. The number of carbonyl (C=O) groups is 1. The molecule has 1 aliphatic carbocycles. The fourth-order valence-electron chi connectivity index (χ4n) is 4.77. The van der Waals surface area contributed by atoms with Crippen LogP contribution in [0.25, 0.3) is 6.08 Å². The molecule has 0 unspecified atom stereocenters. The molecule has 1 aromatic heterocycles. The van der Waals surface area contributed by atoms with Crippen molar-refractivity contribution in [1.82, 2.24) is 19.8 Å². The number of carbonyl (C=O) groups excluding carboxylic acids is 1. The minimum Gasteiger partial charge on any atom is -0.338 e. The summed E-state index contributed by atoms with van der Waals surface area (Å²) in [5.41, 5.74) is 3.07. The molecule has 2 fully saturated rings. The Labute approximate surface area is 205 Å². The highest BCUT2D eigenvalue weighted by atomic mass is 35.5. The van der Waals surface area contributed by atoms with Crippen molar-refractivity contribution in [3.63, 3.8) is 0 Å². The van der Waals surface area contributed by atoms with Gasteiger partial charge in [0.1, 0.15) is 0 Å². The molecule has 5 rings (SSSR count). The van der Waals surface area contributed by atoms with Gasteiger partial charge in [0.25, 0.3) is 0 Å². The zero-order valence-electron chi connectivity index (χ0n) is 18.7. The van der Waals surface area contributed by atoms with Crippen molar-refractivity contribution >= 4 is 41.1 Å². The summed E-state index contributed by atoms with van der Waals surface area (Å²) in [6, 6.07) is 6.14. The second-order valence-corrected chi connectivity index (χ2v) is 9.90. The van der Waals surface area contributed by atoms with Crippen molar-refractivity contribution < 1.29 is 4.79 Å². The van der Waals surface area contributed by atoms with Gasteiger partial charge in [-0.3, -0.25) is 9.69 Å². The van der Waals surface area contributed by atoms with Gasteiger partial charge in [0.2, 0.25) is 11.9 Å². The van der Waals surface area contributed by atoms with Crippen LogP contribution in [-0.2, 0) is 17.6 Å². The van der Waals surface area contributed by atoms with Gasteiger partial charge in [-0.25, -0.2) is 9.97 Å². The summed E-state index contributed by atoms with van der Waals surface area (Å²) in [5.74, 6) is 0.829. The van der Waals surface area contributed by atoms with Gasteiger partial charge in [-0.2, -0.15) is 0 Å². The van der Waals surface area contributed by atoms with E-state index >= 15 is 0 Å². The standard InChI is InChI=1S/C25H29Cl2N5O/c26-21-6-4-18(16-22(21)27)5-7-24(33)31-10-8-19-17-28-25(29-23(19)9-11-31)32-14-12-30(13-15-32)20-2-1-3-20/h4-7,16-17,20H,1-3,8-15H2.